The Morgan fingerprint density at radius 3 is 2.70 bits per heavy atom. The lowest BCUT2D eigenvalue weighted by atomic mass is 9.93. The molecule has 40 heavy (non-hydrogen) atoms. The molecule has 0 radical (unpaired) electrons. The number of halogens is 1. The van der Waals surface area contributed by atoms with Crippen LogP contribution < -0.4 is 29.1 Å². The first-order chi connectivity index (χ1) is 19.5. The highest BCUT2D eigenvalue weighted by atomic mass is 79.9. The van der Waals surface area contributed by atoms with Crippen LogP contribution in [0.2, 0.25) is 0 Å². The Bertz CT molecular complexity index is 1840. The summed E-state index contributed by atoms with van der Waals surface area (Å²) in [6.45, 7) is 2.02. The molecule has 3 aromatic carbocycles. The molecule has 0 fully saturated rings. The Morgan fingerprint density at radius 2 is 1.93 bits per heavy atom. The Morgan fingerprint density at radius 1 is 1.12 bits per heavy atom. The maximum absolute atomic E-state index is 14.1. The van der Waals surface area contributed by atoms with Crippen molar-refractivity contribution in [2.75, 3.05) is 20.5 Å². The van der Waals surface area contributed by atoms with Gasteiger partial charge in [0.2, 0.25) is 6.79 Å². The van der Waals surface area contributed by atoms with Crippen molar-refractivity contribution in [2.45, 2.75) is 13.0 Å². The molecular formula is C30H23BrN2O6S. The number of methoxy groups -OCH3 is 1. The fraction of sp³-hybridized carbons (Fsp3) is 0.167. The van der Waals surface area contributed by atoms with Crippen molar-refractivity contribution in [2.24, 2.45) is 4.99 Å². The molecule has 202 valence electrons. The quantitative estimate of drug-likeness (QED) is 0.297. The summed E-state index contributed by atoms with van der Waals surface area (Å²) in [4.78, 5) is 33.0. The second kappa shape index (κ2) is 10.8. The maximum atomic E-state index is 14.1. The molecule has 2 aliphatic heterocycles. The highest BCUT2D eigenvalue weighted by Crippen LogP contribution is 2.40. The van der Waals surface area contributed by atoms with Gasteiger partial charge in [-0.2, -0.15) is 0 Å². The molecule has 4 aromatic rings. The number of aromatic nitrogens is 1. The maximum Gasteiger partial charge on any atom is 0.338 e. The van der Waals surface area contributed by atoms with E-state index >= 15 is 0 Å². The van der Waals surface area contributed by atoms with E-state index in [0.717, 1.165) is 15.6 Å². The first kappa shape index (κ1) is 26.1. The van der Waals surface area contributed by atoms with E-state index in [4.69, 9.17) is 23.9 Å². The molecule has 0 amide bonds. The average molecular weight is 619 g/mol. The van der Waals surface area contributed by atoms with Gasteiger partial charge in [0.15, 0.2) is 16.3 Å². The van der Waals surface area contributed by atoms with Gasteiger partial charge in [-0.05, 0) is 54.5 Å². The molecule has 0 saturated heterocycles. The first-order valence-corrected chi connectivity index (χ1v) is 14.1. The highest BCUT2D eigenvalue weighted by molar-refractivity contribution is 9.10. The second-order valence-electron chi connectivity index (χ2n) is 8.93. The number of carbonyl (C=O) groups excluding carboxylic acids is 1. The second-order valence-corrected chi connectivity index (χ2v) is 10.8. The average Bonchev–Trinajstić information content (AvgIpc) is 3.57. The molecule has 0 saturated carbocycles. The van der Waals surface area contributed by atoms with E-state index in [0.29, 0.717) is 37.8 Å². The van der Waals surface area contributed by atoms with Crippen molar-refractivity contribution in [3.05, 3.63) is 113 Å². The molecule has 0 aliphatic carbocycles. The first-order valence-electron chi connectivity index (χ1n) is 12.5. The molecule has 0 N–H and O–H groups in total. The number of hydrogen-bond acceptors (Lipinski definition) is 8. The number of ether oxygens (including phenoxy) is 4. The largest absolute Gasteiger partial charge is 0.497 e. The van der Waals surface area contributed by atoms with Crippen LogP contribution in [0.25, 0.3) is 11.8 Å². The van der Waals surface area contributed by atoms with E-state index < -0.39 is 12.0 Å². The zero-order valence-electron chi connectivity index (χ0n) is 21.5. The SMILES string of the molecule is CCOC(=O)C1=C(c2ccccc2)N=c2s/c(=C\c3cc(OC)ccc3Br)c(=O)n2[C@@H]1c1ccc2c(c1)OCO2. The van der Waals surface area contributed by atoms with E-state index in [2.05, 4.69) is 15.9 Å². The van der Waals surface area contributed by atoms with Gasteiger partial charge >= 0.3 is 5.97 Å². The molecule has 3 heterocycles. The predicted octanol–water partition coefficient (Wildman–Crippen LogP) is 4.44. The van der Waals surface area contributed by atoms with E-state index in [1.54, 1.807) is 36.8 Å². The summed E-state index contributed by atoms with van der Waals surface area (Å²) >= 11 is 4.82. The number of rotatable bonds is 6. The summed E-state index contributed by atoms with van der Waals surface area (Å²) in [5, 5.41) is 0. The lowest BCUT2D eigenvalue weighted by Crippen LogP contribution is -2.40. The van der Waals surface area contributed by atoms with Crippen LogP contribution in [0.5, 0.6) is 17.2 Å². The zero-order chi connectivity index (χ0) is 27.8. The fourth-order valence-electron chi connectivity index (χ4n) is 4.74. The normalized spacial score (nSPS) is 16.0. The summed E-state index contributed by atoms with van der Waals surface area (Å²) in [6, 6.07) is 19.6. The summed E-state index contributed by atoms with van der Waals surface area (Å²) in [5.74, 6) is 1.26. The van der Waals surface area contributed by atoms with Gasteiger partial charge in [-0.3, -0.25) is 9.36 Å². The molecule has 10 heteroatoms. The Labute approximate surface area is 241 Å². The van der Waals surface area contributed by atoms with E-state index in [1.165, 1.54) is 11.3 Å². The van der Waals surface area contributed by atoms with Gasteiger partial charge in [-0.15, -0.1) is 0 Å². The Hall–Kier alpha value is -4.15. The number of hydrogen-bond donors (Lipinski definition) is 0. The van der Waals surface area contributed by atoms with Gasteiger partial charge in [0.1, 0.15) is 5.75 Å². The van der Waals surface area contributed by atoms with Gasteiger partial charge in [-0.1, -0.05) is 63.7 Å². The highest BCUT2D eigenvalue weighted by Gasteiger charge is 2.36. The molecule has 0 unspecified atom stereocenters. The van der Waals surface area contributed by atoms with Crippen LogP contribution in [0.3, 0.4) is 0 Å². The van der Waals surface area contributed by atoms with E-state index in [-0.39, 0.29) is 24.5 Å². The van der Waals surface area contributed by atoms with Crippen molar-refractivity contribution in [1.82, 2.24) is 4.57 Å². The molecule has 2 aliphatic rings. The van der Waals surface area contributed by atoms with Crippen molar-refractivity contribution in [3.63, 3.8) is 0 Å². The smallest absolute Gasteiger partial charge is 0.338 e. The van der Waals surface area contributed by atoms with Crippen LogP contribution in [0.4, 0.5) is 0 Å². The molecule has 0 spiro atoms. The third kappa shape index (κ3) is 4.63. The number of esters is 1. The monoisotopic (exact) mass is 618 g/mol. The lowest BCUT2D eigenvalue weighted by Gasteiger charge is -2.26. The fourth-order valence-corrected chi connectivity index (χ4v) is 6.09. The predicted molar refractivity (Wildman–Crippen MR) is 154 cm³/mol. The number of benzene rings is 3. The summed E-state index contributed by atoms with van der Waals surface area (Å²) in [5.41, 5.74) is 2.63. The molecule has 8 nitrogen and oxygen atoms in total. The van der Waals surface area contributed by atoms with Gasteiger partial charge in [-0.25, -0.2) is 9.79 Å². The molecular weight excluding hydrogens is 596 g/mol. The summed E-state index contributed by atoms with van der Waals surface area (Å²) in [7, 11) is 1.59. The zero-order valence-corrected chi connectivity index (χ0v) is 24.0. The summed E-state index contributed by atoms with van der Waals surface area (Å²) in [6.07, 6.45) is 1.80. The van der Waals surface area contributed by atoms with Gasteiger partial charge in [0.05, 0.1) is 35.6 Å². The van der Waals surface area contributed by atoms with Crippen molar-refractivity contribution >= 4 is 45.0 Å². The number of thiazole rings is 1. The third-order valence-electron chi connectivity index (χ3n) is 6.58. The van der Waals surface area contributed by atoms with Gasteiger partial charge in [0, 0.05) is 10.0 Å². The van der Waals surface area contributed by atoms with Crippen LogP contribution in [0.15, 0.2) is 86.6 Å². The molecule has 6 rings (SSSR count). The summed E-state index contributed by atoms with van der Waals surface area (Å²) < 4.78 is 24.9. The van der Waals surface area contributed by atoms with Gasteiger partial charge in [0.25, 0.3) is 5.56 Å². The minimum atomic E-state index is -0.809. The number of nitrogens with zero attached hydrogens (tertiary/aromatic N) is 2. The van der Waals surface area contributed by atoms with Crippen LogP contribution in [0.1, 0.15) is 29.7 Å². The third-order valence-corrected chi connectivity index (χ3v) is 8.28. The topological polar surface area (TPSA) is 88.4 Å². The Kier molecular flexibility index (Phi) is 7.03. The lowest BCUT2D eigenvalue weighted by molar-refractivity contribution is -0.138. The van der Waals surface area contributed by atoms with Crippen molar-refractivity contribution in [1.29, 1.82) is 0 Å². The number of fused-ring (bicyclic) bond motifs is 2. The minimum Gasteiger partial charge on any atom is -0.497 e. The molecule has 1 atom stereocenters. The Balaban J connectivity index is 1.65. The van der Waals surface area contributed by atoms with Crippen LogP contribution >= 0.6 is 27.3 Å². The minimum absolute atomic E-state index is 0.104. The van der Waals surface area contributed by atoms with Gasteiger partial charge < -0.3 is 18.9 Å². The van der Waals surface area contributed by atoms with Crippen molar-refractivity contribution in [3.8, 4) is 17.2 Å². The van der Waals surface area contributed by atoms with Crippen LogP contribution in [-0.2, 0) is 9.53 Å². The van der Waals surface area contributed by atoms with Crippen LogP contribution in [-0.4, -0.2) is 31.0 Å². The number of carbonyl (C=O) groups is 1. The molecule has 0 bridgehead atoms. The molecule has 1 aromatic heterocycles. The van der Waals surface area contributed by atoms with Crippen LogP contribution in [0, 0.1) is 0 Å². The van der Waals surface area contributed by atoms with E-state index in [9.17, 15) is 9.59 Å². The van der Waals surface area contributed by atoms with Crippen molar-refractivity contribution < 1.29 is 23.7 Å². The standard InChI is InChI=1S/C30H23BrN2O6S/c1-3-37-29(35)25-26(17-7-5-4-6-8-17)32-30-33(27(25)18-9-12-22-23(14-18)39-16-38-22)28(34)24(40-30)15-19-13-20(36-2)10-11-21(19)31/h4-15,27H,3,16H2,1-2H3/b24-15-/t27-/m1/s1. The van der Waals surface area contributed by atoms with E-state index in [1.807, 2.05) is 54.6 Å².